The van der Waals surface area contributed by atoms with Gasteiger partial charge in [-0.25, -0.2) is 0 Å². The van der Waals surface area contributed by atoms with Crippen LogP contribution in [-0.2, 0) is 0 Å². The molecule has 2 rings (SSSR count). The standard InChI is InChI=1S/C11H9NOS/c1-8-6-10(14-11(8)7-13)9-4-2-3-5-12-9/h2-7H,1H3. The number of nitrogens with zero attached hydrogens (tertiary/aromatic N) is 1. The molecule has 0 saturated heterocycles. The average Bonchev–Trinajstić information content (AvgIpc) is 2.61. The third-order valence-corrected chi connectivity index (χ3v) is 3.17. The summed E-state index contributed by atoms with van der Waals surface area (Å²) in [7, 11) is 0. The highest BCUT2D eigenvalue weighted by molar-refractivity contribution is 7.17. The van der Waals surface area contributed by atoms with E-state index in [0.717, 1.165) is 27.3 Å². The van der Waals surface area contributed by atoms with Crippen molar-refractivity contribution in [3.05, 3.63) is 40.9 Å². The molecule has 0 unspecified atom stereocenters. The van der Waals surface area contributed by atoms with Gasteiger partial charge < -0.3 is 0 Å². The summed E-state index contributed by atoms with van der Waals surface area (Å²) < 4.78 is 0. The second kappa shape index (κ2) is 3.72. The summed E-state index contributed by atoms with van der Waals surface area (Å²) in [6.07, 6.45) is 2.65. The van der Waals surface area contributed by atoms with E-state index < -0.39 is 0 Å². The van der Waals surface area contributed by atoms with Crippen LogP contribution < -0.4 is 0 Å². The molecule has 0 aromatic carbocycles. The van der Waals surface area contributed by atoms with Crippen molar-refractivity contribution < 1.29 is 4.79 Å². The monoisotopic (exact) mass is 203 g/mol. The molecule has 0 atom stereocenters. The van der Waals surface area contributed by atoms with Crippen molar-refractivity contribution >= 4 is 17.6 Å². The molecule has 0 radical (unpaired) electrons. The van der Waals surface area contributed by atoms with Crippen molar-refractivity contribution in [3.8, 4) is 10.6 Å². The van der Waals surface area contributed by atoms with Crippen LogP contribution in [-0.4, -0.2) is 11.3 Å². The van der Waals surface area contributed by atoms with Crippen LogP contribution >= 0.6 is 11.3 Å². The molecule has 0 N–H and O–H groups in total. The Hall–Kier alpha value is -1.48. The number of hydrogen-bond acceptors (Lipinski definition) is 3. The molecule has 70 valence electrons. The number of aryl methyl sites for hydroxylation is 1. The Morgan fingerprint density at radius 1 is 1.43 bits per heavy atom. The van der Waals surface area contributed by atoms with Crippen LogP contribution in [0.3, 0.4) is 0 Å². The zero-order valence-corrected chi connectivity index (χ0v) is 8.54. The van der Waals surface area contributed by atoms with Crippen molar-refractivity contribution in [1.82, 2.24) is 4.98 Å². The third kappa shape index (κ3) is 1.59. The maximum absolute atomic E-state index is 10.7. The van der Waals surface area contributed by atoms with Gasteiger partial charge in [0.25, 0.3) is 0 Å². The van der Waals surface area contributed by atoms with E-state index in [-0.39, 0.29) is 0 Å². The quantitative estimate of drug-likeness (QED) is 0.702. The number of carbonyl (C=O) groups excluding carboxylic acids is 1. The fraction of sp³-hybridized carbons (Fsp3) is 0.0909. The third-order valence-electron chi connectivity index (χ3n) is 1.98. The summed E-state index contributed by atoms with van der Waals surface area (Å²) in [5.41, 5.74) is 1.94. The molecular formula is C11H9NOS. The first-order chi connectivity index (χ1) is 6.81. The zero-order valence-electron chi connectivity index (χ0n) is 7.73. The molecule has 0 fully saturated rings. The Morgan fingerprint density at radius 2 is 2.29 bits per heavy atom. The van der Waals surface area contributed by atoms with Gasteiger partial charge in [-0.2, -0.15) is 0 Å². The highest BCUT2D eigenvalue weighted by Crippen LogP contribution is 2.28. The maximum Gasteiger partial charge on any atom is 0.160 e. The van der Waals surface area contributed by atoms with Gasteiger partial charge >= 0.3 is 0 Å². The predicted octanol–water partition coefficient (Wildman–Crippen LogP) is 2.93. The van der Waals surface area contributed by atoms with Gasteiger partial charge in [-0.05, 0) is 30.7 Å². The van der Waals surface area contributed by atoms with E-state index in [1.165, 1.54) is 11.3 Å². The largest absolute Gasteiger partial charge is 0.297 e. The smallest absolute Gasteiger partial charge is 0.160 e. The highest BCUT2D eigenvalue weighted by Gasteiger charge is 2.06. The molecule has 0 aliphatic rings. The Labute approximate surface area is 86.2 Å². The summed E-state index contributed by atoms with van der Waals surface area (Å²) >= 11 is 1.48. The number of pyridine rings is 1. The van der Waals surface area contributed by atoms with Crippen molar-refractivity contribution in [1.29, 1.82) is 0 Å². The van der Waals surface area contributed by atoms with Crippen LogP contribution in [0.15, 0.2) is 30.5 Å². The molecule has 14 heavy (non-hydrogen) atoms. The van der Waals surface area contributed by atoms with Crippen molar-refractivity contribution in [3.63, 3.8) is 0 Å². The van der Waals surface area contributed by atoms with Crippen LogP contribution in [0, 0.1) is 6.92 Å². The molecule has 2 aromatic heterocycles. The van der Waals surface area contributed by atoms with E-state index in [2.05, 4.69) is 4.98 Å². The average molecular weight is 203 g/mol. The minimum absolute atomic E-state index is 0.783. The van der Waals surface area contributed by atoms with Gasteiger partial charge in [0.05, 0.1) is 15.4 Å². The summed E-state index contributed by atoms with van der Waals surface area (Å²) in [5, 5.41) is 0. The lowest BCUT2D eigenvalue weighted by atomic mass is 10.2. The Kier molecular flexibility index (Phi) is 2.41. The van der Waals surface area contributed by atoms with Gasteiger partial charge in [0.15, 0.2) is 6.29 Å². The Balaban J connectivity index is 2.48. The second-order valence-electron chi connectivity index (χ2n) is 2.99. The number of carbonyl (C=O) groups is 1. The molecule has 3 heteroatoms. The summed E-state index contributed by atoms with van der Waals surface area (Å²) in [5.74, 6) is 0. The summed E-state index contributed by atoms with van der Waals surface area (Å²) in [6, 6.07) is 7.76. The number of hydrogen-bond donors (Lipinski definition) is 0. The predicted molar refractivity (Wildman–Crippen MR) is 57.7 cm³/mol. The van der Waals surface area contributed by atoms with Gasteiger partial charge in [0, 0.05) is 6.20 Å². The number of aromatic nitrogens is 1. The second-order valence-corrected chi connectivity index (χ2v) is 4.07. The molecule has 2 aromatic rings. The summed E-state index contributed by atoms with van der Waals surface area (Å²) in [4.78, 5) is 16.7. The van der Waals surface area contributed by atoms with Crippen molar-refractivity contribution in [2.75, 3.05) is 0 Å². The molecule has 2 heterocycles. The minimum Gasteiger partial charge on any atom is -0.297 e. The van der Waals surface area contributed by atoms with E-state index in [9.17, 15) is 4.79 Å². The minimum atomic E-state index is 0.783. The zero-order chi connectivity index (χ0) is 9.97. The molecule has 0 bridgehead atoms. The SMILES string of the molecule is Cc1cc(-c2ccccn2)sc1C=O. The van der Waals surface area contributed by atoms with Gasteiger partial charge in [0.1, 0.15) is 0 Å². The van der Waals surface area contributed by atoms with E-state index in [0.29, 0.717) is 0 Å². The van der Waals surface area contributed by atoms with E-state index >= 15 is 0 Å². The molecule has 2 nitrogen and oxygen atoms in total. The van der Waals surface area contributed by atoms with E-state index in [1.807, 2.05) is 31.2 Å². The first kappa shape index (κ1) is 9.09. The molecule has 0 saturated carbocycles. The fourth-order valence-electron chi connectivity index (χ4n) is 1.25. The molecule has 0 aliphatic carbocycles. The first-order valence-electron chi connectivity index (χ1n) is 4.28. The summed E-state index contributed by atoms with van der Waals surface area (Å²) in [6.45, 7) is 1.94. The van der Waals surface area contributed by atoms with Crippen LogP contribution in [0.2, 0.25) is 0 Å². The molecule has 0 aliphatic heterocycles. The molecule has 0 spiro atoms. The Bertz CT molecular complexity index is 448. The van der Waals surface area contributed by atoms with E-state index in [1.54, 1.807) is 6.20 Å². The van der Waals surface area contributed by atoms with E-state index in [4.69, 9.17) is 0 Å². The van der Waals surface area contributed by atoms with Gasteiger partial charge in [0.2, 0.25) is 0 Å². The number of thiophene rings is 1. The lowest BCUT2D eigenvalue weighted by Gasteiger charge is -1.92. The normalized spacial score (nSPS) is 10.1. The highest BCUT2D eigenvalue weighted by atomic mass is 32.1. The van der Waals surface area contributed by atoms with Crippen molar-refractivity contribution in [2.24, 2.45) is 0 Å². The van der Waals surface area contributed by atoms with Crippen LogP contribution in [0.1, 0.15) is 15.2 Å². The first-order valence-corrected chi connectivity index (χ1v) is 5.10. The van der Waals surface area contributed by atoms with Gasteiger partial charge in [-0.15, -0.1) is 11.3 Å². The fourth-order valence-corrected chi connectivity index (χ4v) is 2.21. The van der Waals surface area contributed by atoms with Gasteiger partial charge in [-0.1, -0.05) is 6.07 Å². The topological polar surface area (TPSA) is 30.0 Å². The van der Waals surface area contributed by atoms with Crippen LogP contribution in [0.25, 0.3) is 10.6 Å². The maximum atomic E-state index is 10.7. The van der Waals surface area contributed by atoms with Gasteiger partial charge in [-0.3, -0.25) is 9.78 Å². The lowest BCUT2D eigenvalue weighted by molar-refractivity contribution is 0.112. The van der Waals surface area contributed by atoms with Crippen LogP contribution in [0.4, 0.5) is 0 Å². The molecular weight excluding hydrogens is 194 g/mol. The number of aldehydes is 1. The lowest BCUT2D eigenvalue weighted by Crippen LogP contribution is -1.75. The van der Waals surface area contributed by atoms with Crippen molar-refractivity contribution in [2.45, 2.75) is 6.92 Å². The van der Waals surface area contributed by atoms with Crippen LogP contribution in [0.5, 0.6) is 0 Å². The number of rotatable bonds is 2. The molecule has 0 amide bonds. The Morgan fingerprint density at radius 3 is 2.86 bits per heavy atom.